The molecule has 1 rings (SSSR count). The normalized spacial score (nSPS) is 11.4. The van der Waals surface area contributed by atoms with Gasteiger partial charge in [-0.15, -0.1) is 0 Å². The zero-order chi connectivity index (χ0) is 19.9. The minimum absolute atomic E-state index is 0.0158. The van der Waals surface area contributed by atoms with E-state index in [0.29, 0.717) is 18.5 Å². The quantitative estimate of drug-likeness (QED) is 0.423. The number of carboxylic acids is 1. The van der Waals surface area contributed by atoms with Crippen LogP contribution in [0.2, 0.25) is 10.0 Å². The zero-order valence-electron chi connectivity index (χ0n) is 15.2. The van der Waals surface area contributed by atoms with Gasteiger partial charge in [-0.1, -0.05) is 29.6 Å². The van der Waals surface area contributed by atoms with Crippen LogP contribution >= 0.6 is 23.2 Å². The number of phenols is 1. The van der Waals surface area contributed by atoms with E-state index in [2.05, 4.69) is 5.32 Å². The van der Waals surface area contributed by atoms with Crippen LogP contribution < -0.4 is 5.32 Å². The summed E-state index contributed by atoms with van der Waals surface area (Å²) in [6, 6.07) is 1.21. The summed E-state index contributed by atoms with van der Waals surface area (Å²) in [6.07, 6.45) is 2.99. The molecule has 0 aliphatic heterocycles. The molecule has 0 fully saturated rings. The largest absolute Gasteiger partial charge is 0.505 e. The summed E-state index contributed by atoms with van der Waals surface area (Å²) in [5.74, 6) is -2.03. The Kier molecular flexibility index (Phi) is 8.67. The molecule has 0 heterocycles. The van der Waals surface area contributed by atoms with Gasteiger partial charge in [-0.2, -0.15) is 0 Å². The van der Waals surface area contributed by atoms with Crippen LogP contribution in [0.15, 0.2) is 6.07 Å². The number of unbranched alkanes of at least 4 members (excludes halogenated alkanes) is 2. The van der Waals surface area contributed by atoms with Crippen molar-refractivity contribution in [1.82, 2.24) is 5.32 Å². The van der Waals surface area contributed by atoms with Crippen molar-refractivity contribution in [2.24, 2.45) is 0 Å². The molecule has 0 spiro atoms. The molecule has 146 valence electrons. The van der Waals surface area contributed by atoms with E-state index in [1.165, 1.54) is 6.07 Å². The number of rotatable bonds is 9. The third-order valence-corrected chi connectivity index (χ3v) is 4.23. The van der Waals surface area contributed by atoms with E-state index in [-0.39, 0.29) is 28.1 Å². The fourth-order valence-electron chi connectivity index (χ4n) is 2.34. The highest BCUT2D eigenvalue weighted by atomic mass is 35.5. The number of hydrogen-bond donors (Lipinski definition) is 3. The summed E-state index contributed by atoms with van der Waals surface area (Å²) >= 11 is 12.1. The number of aromatic carboxylic acids is 1. The number of hydrogen-bond acceptors (Lipinski definition) is 5. The Labute approximate surface area is 163 Å². The summed E-state index contributed by atoms with van der Waals surface area (Å²) in [4.78, 5) is 22.5. The molecular weight excluding hydrogens is 381 g/mol. The first-order valence-corrected chi connectivity index (χ1v) is 9.14. The van der Waals surface area contributed by atoms with E-state index in [9.17, 15) is 14.7 Å². The van der Waals surface area contributed by atoms with Gasteiger partial charge in [0.2, 0.25) is 0 Å². The summed E-state index contributed by atoms with van der Waals surface area (Å²) in [7, 11) is 0. The molecule has 3 N–H and O–H groups in total. The lowest BCUT2D eigenvalue weighted by molar-refractivity contribution is -0.153. The van der Waals surface area contributed by atoms with Crippen LogP contribution in [0, 0.1) is 0 Å². The van der Waals surface area contributed by atoms with Crippen molar-refractivity contribution in [3.05, 3.63) is 27.2 Å². The first-order chi connectivity index (χ1) is 12.0. The third-order valence-electron chi connectivity index (χ3n) is 3.49. The molecule has 0 atom stereocenters. The number of carboxylic acid groups (broad SMARTS) is 1. The fourth-order valence-corrected chi connectivity index (χ4v) is 2.98. The Morgan fingerprint density at radius 1 is 1.19 bits per heavy atom. The van der Waals surface area contributed by atoms with Crippen LogP contribution in [0.1, 0.15) is 56.0 Å². The van der Waals surface area contributed by atoms with Gasteiger partial charge in [0.25, 0.3) is 0 Å². The molecule has 0 aliphatic carbocycles. The molecule has 1 aromatic rings. The Hall–Kier alpha value is -1.50. The minimum atomic E-state index is -1.28. The number of halogens is 2. The molecule has 0 aromatic heterocycles. The SMILES string of the molecule is CC(C)(C)OC(=O)CNCCCCCc1c(Cl)cc(C(=O)O)c(O)c1Cl. The van der Waals surface area contributed by atoms with Crippen molar-refractivity contribution in [3.8, 4) is 5.75 Å². The molecule has 0 radical (unpaired) electrons. The molecule has 0 bridgehead atoms. The number of carbonyl (C=O) groups is 2. The van der Waals surface area contributed by atoms with Crippen molar-refractivity contribution in [2.45, 2.75) is 52.1 Å². The highest BCUT2D eigenvalue weighted by Crippen LogP contribution is 2.37. The van der Waals surface area contributed by atoms with E-state index < -0.39 is 17.3 Å². The maximum absolute atomic E-state index is 11.5. The van der Waals surface area contributed by atoms with E-state index in [4.69, 9.17) is 33.0 Å². The lowest BCUT2D eigenvalue weighted by Crippen LogP contribution is -2.31. The Morgan fingerprint density at radius 3 is 2.42 bits per heavy atom. The maximum Gasteiger partial charge on any atom is 0.339 e. The van der Waals surface area contributed by atoms with Gasteiger partial charge in [0.1, 0.15) is 16.9 Å². The third kappa shape index (κ3) is 7.40. The van der Waals surface area contributed by atoms with Gasteiger partial charge in [0.15, 0.2) is 0 Å². The van der Waals surface area contributed by atoms with Gasteiger partial charge in [-0.05, 0) is 58.2 Å². The topological polar surface area (TPSA) is 95.9 Å². The van der Waals surface area contributed by atoms with E-state index >= 15 is 0 Å². The second-order valence-corrected chi connectivity index (χ2v) is 7.71. The second kappa shape index (κ2) is 10.00. The summed E-state index contributed by atoms with van der Waals surface area (Å²) in [6.45, 7) is 6.30. The standard InChI is InChI=1S/C18H25Cl2NO5/c1-18(2,3)26-14(22)10-21-8-6-4-5-7-11-13(19)9-12(17(24)25)16(23)15(11)20/h9,21,23H,4-8,10H2,1-3H3,(H,24,25). The zero-order valence-corrected chi connectivity index (χ0v) is 16.7. The predicted molar refractivity (Wildman–Crippen MR) is 101 cm³/mol. The van der Waals surface area contributed by atoms with Gasteiger partial charge in [0.05, 0.1) is 11.6 Å². The average molecular weight is 406 g/mol. The van der Waals surface area contributed by atoms with E-state index in [0.717, 1.165) is 19.3 Å². The molecule has 0 saturated carbocycles. The van der Waals surface area contributed by atoms with Crippen LogP contribution in [0.4, 0.5) is 0 Å². The number of nitrogens with one attached hydrogen (secondary N) is 1. The molecule has 26 heavy (non-hydrogen) atoms. The van der Waals surface area contributed by atoms with Crippen molar-refractivity contribution >= 4 is 35.1 Å². The smallest absolute Gasteiger partial charge is 0.339 e. The Morgan fingerprint density at radius 2 is 1.85 bits per heavy atom. The molecule has 0 amide bonds. The molecular formula is C18H25Cl2NO5. The molecule has 0 saturated heterocycles. The molecule has 1 aromatic carbocycles. The molecule has 8 heteroatoms. The highest BCUT2D eigenvalue weighted by Gasteiger charge is 2.19. The predicted octanol–water partition coefficient (Wildman–Crippen LogP) is 4.04. The number of aromatic hydroxyl groups is 1. The van der Waals surface area contributed by atoms with Gasteiger partial charge in [-0.25, -0.2) is 4.79 Å². The van der Waals surface area contributed by atoms with Crippen molar-refractivity contribution in [1.29, 1.82) is 0 Å². The summed E-state index contributed by atoms with van der Waals surface area (Å²) < 4.78 is 5.19. The first kappa shape index (κ1) is 22.5. The van der Waals surface area contributed by atoms with Crippen LogP contribution in [-0.4, -0.2) is 40.8 Å². The van der Waals surface area contributed by atoms with Crippen LogP contribution in [-0.2, 0) is 16.0 Å². The lowest BCUT2D eigenvalue weighted by Gasteiger charge is -2.19. The summed E-state index contributed by atoms with van der Waals surface area (Å²) in [5.41, 5.74) is -0.258. The van der Waals surface area contributed by atoms with Crippen LogP contribution in [0.5, 0.6) is 5.75 Å². The number of esters is 1. The van der Waals surface area contributed by atoms with Crippen molar-refractivity contribution < 1.29 is 24.5 Å². The Bertz CT molecular complexity index is 656. The van der Waals surface area contributed by atoms with Gasteiger partial charge in [-0.3, -0.25) is 4.79 Å². The molecule has 0 aliphatic rings. The average Bonchev–Trinajstić information content (AvgIpc) is 2.50. The summed E-state index contributed by atoms with van der Waals surface area (Å²) in [5, 5.41) is 22.1. The monoisotopic (exact) mass is 405 g/mol. The Balaban J connectivity index is 2.36. The maximum atomic E-state index is 11.5. The van der Waals surface area contributed by atoms with Crippen molar-refractivity contribution in [2.75, 3.05) is 13.1 Å². The number of carbonyl (C=O) groups excluding carboxylic acids is 1. The lowest BCUT2D eigenvalue weighted by atomic mass is 10.0. The number of ether oxygens (including phenoxy) is 1. The van der Waals surface area contributed by atoms with E-state index in [1.807, 2.05) is 20.8 Å². The molecule has 0 unspecified atom stereocenters. The van der Waals surface area contributed by atoms with Crippen LogP contribution in [0.25, 0.3) is 0 Å². The van der Waals surface area contributed by atoms with Gasteiger partial charge in [0, 0.05) is 5.02 Å². The van der Waals surface area contributed by atoms with Crippen LogP contribution in [0.3, 0.4) is 0 Å². The van der Waals surface area contributed by atoms with E-state index in [1.54, 1.807) is 0 Å². The number of benzene rings is 1. The van der Waals surface area contributed by atoms with Gasteiger partial charge >= 0.3 is 11.9 Å². The van der Waals surface area contributed by atoms with Crippen molar-refractivity contribution in [3.63, 3.8) is 0 Å². The first-order valence-electron chi connectivity index (χ1n) is 8.38. The second-order valence-electron chi connectivity index (χ2n) is 6.93. The minimum Gasteiger partial charge on any atom is -0.505 e. The fraction of sp³-hybridized carbons (Fsp3) is 0.556. The highest BCUT2D eigenvalue weighted by molar-refractivity contribution is 6.37. The molecule has 6 nitrogen and oxygen atoms in total. The van der Waals surface area contributed by atoms with Gasteiger partial charge < -0.3 is 20.3 Å².